The second kappa shape index (κ2) is 8.86. The number of hydrogen-bond donors (Lipinski definition) is 1. The van der Waals surface area contributed by atoms with E-state index >= 15 is 0 Å². The van der Waals surface area contributed by atoms with Crippen LogP contribution in [0.5, 0.6) is 0 Å². The van der Waals surface area contributed by atoms with E-state index in [1.165, 1.54) is 10.5 Å². The van der Waals surface area contributed by atoms with Gasteiger partial charge in [-0.3, -0.25) is 14.9 Å². The van der Waals surface area contributed by atoms with E-state index in [0.29, 0.717) is 25.2 Å². The quantitative estimate of drug-likeness (QED) is 0.402. The molecule has 0 atom stereocenters. The number of halogens is 1. The fourth-order valence-electron chi connectivity index (χ4n) is 4.73. The molecule has 0 saturated heterocycles. The van der Waals surface area contributed by atoms with Gasteiger partial charge in [0, 0.05) is 28.9 Å². The third kappa shape index (κ3) is 3.54. The Morgan fingerprint density at radius 2 is 1.80 bits per heavy atom. The van der Waals surface area contributed by atoms with E-state index in [-0.39, 0.29) is 28.4 Å². The molecule has 0 bridgehead atoms. The van der Waals surface area contributed by atoms with Crippen LogP contribution in [0.15, 0.2) is 34.8 Å². The summed E-state index contributed by atoms with van der Waals surface area (Å²) in [6, 6.07) is 9.66. The Labute approximate surface area is 185 Å². The Morgan fingerprint density at radius 1 is 1.13 bits per heavy atom. The van der Waals surface area contributed by atoms with E-state index in [2.05, 4.69) is 35.8 Å². The lowest BCUT2D eigenvalue weighted by atomic mass is 9.74. The largest absolute Gasteiger partial charge is 0.330 e. The minimum atomic E-state index is -0.384. The summed E-state index contributed by atoms with van der Waals surface area (Å²) in [7, 11) is 0. The number of carbonyl (C=O) groups excluding carboxylic acids is 1. The number of carbonyl (C=O) groups is 1. The van der Waals surface area contributed by atoms with Gasteiger partial charge in [-0.05, 0) is 73.2 Å². The predicted octanol–water partition coefficient (Wildman–Crippen LogP) is 5.54. The smallest absolute Gasteiger partial charge is 0.293 e. The number of nitro groups is 1. The molecule has 2 aromatic rings. The summed E-state index contributed by atoms with van der Waals surface area (Å²) in [4.78, 5) is 25.9. The Balaban J connectivity index is 2.27. The standard InChI is InChI=1S/C23H28BrN3O3/c1-4-23(5-2)18-12-15(24)9-10-16(18)17-13-21(27(29)30)20(14-19(17)23)26(6-3)22(28)8-7-11-25/h9-10,12-14H,4-8,11,25H2,1-3H3. The van der Waals surface area contributed by atoms with Crippen molar-refractivity contribution in [1.82, 2.24) is 0 Å². The Bertz CT molecular complexity index is 986. The van der Waals surface area contributed by atoms with Crippen molar-refractivity contribution < 1.29 is 9.72 Å². The summed E-state index contributed by atoms with van der Waals surface area (Å²) in [5.41, 5.74) is 9.83. The SMILES string of the molecule is CCN(C(=O)CCCN)c1cc2c(cc1[N+](=O)[O-])-c1ccc(Br)cc1C2(CC)CC. The highest BCUT2D eigenvalue weighted by atomic mass is 79.9. The molecule has 6 nitrogen and oxygen atoms in total. The van der Waals surface area contributed by atoms with Gasteiger partial charge in [0.2, 0.25) is 5.91 Å². The van der Waals surface area contributed by atoms with Gasteiger partial charge in [0.05, 0.1) is 4.92 Å². The van der Waals surface area contributed by atoms with Crippen molar-refractivity contribution in [2.24, 2.45) is 5.73 Å². The summed E-state index contributed by atoms with van der Waals surface area (Å²) in [5, 5.41) is 12.0. The van der Waals surface area contributed by atoms with Gasteiger partial charge in [0.15, 0.2) is 0 Å². The van der Waals surface area contributed by atoms with E-state index in [1.54, 1.807) is 6.07 Å². The van der Waals surface area contributed by atoms with Gasteiger partial charge in [0.1, 0.15) is 5.69 Å². The average Bonchev–Trinajstić information content (AvgIpc) is 3.00. The number of fused-ring (bicyclic) bond motifs is 3. The van der Waals surface area contributed by atoms with Crippen molar-refractivity contribution in [3.63, 3.8) is 0 Å². The van der Waals surface area contributed by atoms with Gasteiger partial charge in [0.25, 0.3) is 5.69 Å². The Hall–Kier alpha value is -2.25. The molecule has 0 fully saturated rings. The van der Waals surface area contributed by atoms with Crippen molar-refractivity contribution in [1.29, 1.82) is 0 Å². The van der Waals surface area contributed by atoms with E-state index < -0.39 is 0 Å². The summed E-state index contributed by atoms with van der Waals surface area (Å²) in [6.45, 7) is 6.92. The topological polar surface area (TPSA) is 89.5 Å². The van der Waals surface area contributed by atoms with Gasteiger partial charge in [-0.2, -0.15) is 0 Å². The summed E-state index contributed by atoms with van der Waals surface area (Å²) in [6.07, 6.45) is 2.56. The summed E-state index contributed by atoms with van der Waals surface area (Å²) in [5.74, 6) is -0.136. The van der Waals surface area contributed by atoms with Crippen LogP contribution in [-0.4, -0.2) is 23.9 Å². The van der Waals surface area contributed by atoms with Crippen molar-refractivity contribution in [2.75, 3.05) is 18.0 Å². The fraction of sp³-hybridized carbons (Fsp3) is 0.435. The van der Waals surface area contributed by atoms with Crippen molar-refractivity contribution in [3.05, 3.63) is 56.0 Å². The maximum absolute atomic E-state index is 12.8. The highest BCUT2D eigenvalue weighted by Crippen LogP contribution is 2.55. The first-order valence-electron chi connectivity index (χ1n) is 10.5. The highest BCUT2D eigenvalue weighted by molar-refractivity contribution is 9.10. The minimum absolute atomic E-state index is 0.0337. The molecule has 2 aromatic carbocycles. The number of rotatable bonds is 8. The number of hydrogen-bond acceptors (Lipinski definition) is 4. The number of anilines is 1. The second-order valence-corrected chi connectivity index (χ2v) is 8.57. The number of benzene rings is 2. The lowest BCUT2D eigenvalue weighted by Crippen LogP contribution is -2.32. The molecule has 1 aliphatic carbocycles. The number of nitrogens with two attached hydrogens (primary N) is 1. The predicted molar refractivity (Wildman–Crippen MR) is 124 cm³/mol. The van der Waals surface area contributed by atoms with Gasteiger partial charge < -0.3 is 10.6 Å². The molecule has 3 rings (SSSR count). The minimum Gasteiger partial charge on any atom is -0.330 e. The molecule has 1 aliphatic rings. The van der Waals surface area contributed by atoms with Gasteiger partial charge >= 0.3 is 0 Å². The van der Waals surface area contributed by atoms with Crippen LogP contribution in [0.25, 0.3) is 11.1 Å². The molecule has 0 radical (unpaired) electrons. The lowest BCUT2D eigenvalue weighted by molar-refractivity contribution is -0.384. The van der Waals surface area contributed by atoms with Crippen LogP contribution in [0.2, 0.25) is 0 Å². The first-order valence-corrected chi connectivity index (χ1v) is 11.3. The average molecular weight is 474 g/mol. The molecule has 1 amide bonds. The molecular weight excluding hydrogens is 446 g/mol. The normalized spacial score (nSPS) is 13.6. The molecule has 2 N–H and O–H groups in total. The van der Waals surface area contributed by atoms with Crippen LogP contribution in [0, 0.1) is 10.1 Å². The van der Waals surface area contributed by atoms with Crippen LogP contribution < -0.4 is 10.6 Å². The fourth-order valence-corrected chi connectivity index (χ4v) is 5.09. The van der Waals surface area contributed by atoms with E-state index in [4.69, 9.17) is 5.73 Å². The molecule has 0 aromatic heterocycles. The molecule has 0 unspecified atom stereocenters. The number of nitro benzene ring substituents is 1. The Morgan fingerprint density at radius 3 is 2.37 bits per heavy atom. The first-order chi connectivity index (χ1) is 14.3. The second-order valence-electron chi connectivity index (χ2n) is 7.65. The van der Waals surface area contributed by atoms with E-state index in [1.807, 2.05) is 25.1 Å². The molecule has 7 heteroatoms. The molecular formula is C23H28BrN3O3. The molecule has 160 valence electrons. The monoisotopic (exact) mass is 473 g/mol. The lowest BCUT2D eigenvalue weighted by Gasteiger charge is -2.31. The zero-order chi connectivity index (χ0) is 22.1. The molecule has 0 aliphatic heterocycles. The maximum Gasteiger partial charge on any atom is 0.293 e. The van der Waals surface area contributed by atoms with Gasteiger partial charge in [-0.25, -0.2) is 0 Å². The van der Waals surface area contributed by atoms with Crippen molar-refractivity contribution in [3.8, 4) is 11.1 Å². The number of nitrogens with zero attached hydrogens (tertiary/aromatic N) is 2. The number of amides is 1. The van der Waals surface area contributed by atoms with Crippen LogP contribution in [0.3, 0.4) is 0 Å². The summed E-state index contributed by atoms with van der Waals surface area (Å²) >= 11 is 3.58. The third-order valence-electron chi connectivity index (χ3n) is 6.32. The highest BCUT2D eigenvalue weighted by Gasteiger charge is 2.43. The molecule has 0 heterocycles. The molecule has 0 saturated carbocycles. The van der Waals surface area contributed by atoms with Crippen LogP contribution in [0.4, 0.5) is 11.4 Å². The summed E-state index contributed by atoms with van der Waals surface area (Å²) < 4.78 is 0.988. The maximum atomic E-state index is 12.8. The van der Waals surface area contributed by atoms with Crippen molar-refractivity contribution in [2.45, 2.75) is 51.9 Å². The van der Waals surface area contributed by atoms with Gasteiger partial charge in [-0.15, -0.1) is 0 Å². The van der Waals surface area contributed by atoms with E-state index in [9.17, 15) is 14.9 Å². The third-order valence-corrected chi connectivity index (χ3v) is 6.82. The molecule has 0 spiro atoms. The van der Waals surface area contributed by atoms with Crippen LogP contribution in [0.1, 0.15) is 57.6 Å². The zero-order valence-corrected chi connectivity index (χ0v) is 19.3. The van der Waals surface area contributed by atoms with Crippen LogP contribution in [-0.2, 0) is 10.2 Å². The Kier molecular flexibility index (Phi) is 6.62. The van der Waals surface area contributed by atoms with E-state index in [0.717, 1.165) is 34.0 Å². The molecule has 30 heavy (non-hydrogen) atoms. The zero-order valence-electron chi connectivity index (χ0n) is 17.7. The van der Waals surface area contributed by atoms with Gasteiger partial charge in [-0.1, -0.05) is 35.8 Å². The van der Waals surface area contributed by atoms with Crippen molar-refractivity contribution >= 4 is 33.2 Å². The first kappa shape index (κ1) is 22.4. The van der Waals surface area contributed by atoms with Crippen LogP contribution >= 0.6 is 15.9 Å².